The molecule has 4 heterocycles. The highest BCUT2D eigenvalue weighted by molar-refractivity contribution is 7.14. The number of fused-ring (bicyclic) bond motifs is 2. The summed E-state index contributed by atoms with van der Waals surface area (Å²) in [7, 11) is 0. The van der Waals surface area contributed by atoms with Gasteiger partial charge in [0.1, 0.15) is 48.7 Å². The zero-order valence-electron chi connectivity index (χ0n) is 29.0. The van der Waals surface area contributed by atoms with E-state index in [9.17, 15) is 5.26 Å². The molecule has 0 amide bonds. The van der Waals surface area contributed by atoms with Crippen LogP contribution in [0.1, 0.15) is 11.1 Å². The quantitative estimate of drug-likeness (QED) is 0.127. The molecule has 0 atom stereocenters. The van der Waals surface area contributed by atoms with Gasteiger partial charge in [-0.1, -0.05) is 30.3 Å². The number of nitrogens with zero attached hydrogens (tertiary/aromatic N) is 7. The van der Waals surface area contributed by atoms with Gasteiger partial charge in [-0.05, 0) is 77.7 Å². The van der Waals surface area contributed by atoms with Gasteiger partial charge >= 0.3 is 0 Å². The number of anilines is 2. The zero-order chi connectivity index (χ0) is 35.1. The lowest BCUT2D eigenvalue weighted by Gasteiger charge is -2.35. The van der Waals surface area contributed by atoms with E-state index in [4.69, 9.17) is 23.0 Å². The standard InChI is InChI=1S/C40H41N7O3S2/c41-28-30-12-13-34(49-25-23-45-16-20-47(21-17-45)40-36-9-2-4-11-38(36)52-43-40)26-31(30)29-50-33-7-5-6-32(27-33)48-24-22-44-14-18-46(19-15-44)39-35-8-1-3-10-37(35)51-42-39/h1-13,26-27H,14-25,29H2. The molecule has 0 N–H and O–H groups in total. The normalized spacial score (nSPS) is 15.6. The topological polar surface area (TPSA) is 90.2 Å². The van der Waals surface area contributed by atoms with Gasteiger partial charge in [-0.15, -0.1) is 0 Å². The van der Waals surface area contributed by atoms with E-state index in [1.54, 1.807) is 23.1 Å². The fourth-order valence-electron chi connectivity index (χ4n) is 6.86. The molecule has 2 aliphatic heterocycles. The summed E-state index contributed by atoms with van der Waals surface area (Å²) < 4.78 is 30.4. The molecule has 10 nitrogen and oxygen atoms in total. The predicted molar refractivity (Wildman–Crippen MR) is 209 cm³/mol. The minimum atomic E-state index is 0.259. The van der Waals surface area contributed by atoms with Crippen molar-refractivity contribution in [2.24, 2.45) is 0 Å². The highest BCUT2D eigenvalue weighted by Crippen LogP contribution is 2.31. The lowest BCUT2D eigenvalue weighted by atomic mass is 10.1. The predicted octanol–water partition coefficient (Wildman–Crippen LogP) is 6.76. The monoisotopic (exact) mass is 731 g/mol. The lowest BCUT2D eigenvalue weighted by Crippen LogP contribution is -2.47. The van der Waals surface area contributed by atoms with Crippen LogP contribution in [-0.2, 0) is 6.61 Å². The molecule has 8 rings (SSSR count). The van der Waals surface area contributed by atoms with E-state index in [2.05, 4.69) is 74.2 Å². The first-order valence-electron chi connectivity index (χ1n) is 17.8. The first-order chi connectivity index (χ1) is 25.7. The van der Waals surface area contributed by atoms with Gasteiger partial charge in [0.2, 0.25) is 0 Å². The van der Waals surface area contributed by atoms with Crippen molar-refractivity contribution in [3.63, 3.8) is 0 Å². The SMILES string of the molecule is N#Cc1ccc(OCCN2CCN(c3nsc4ccccc34)CC2)cc1COc1cccc(OCCN2CCN(c3nsc4ccccc34)CC2)c1. The Kier molecular flexibility index (Phi) is 10.6. The van der Waals surface area contributed by atoms with Crippen LogP contribution in [0.25, 0.3) is 20.2 Å². The molecule has 2 saturated heterocycles. The fourth-order valence-corrected chi connectivity index (χ4v) is 8.45. The molecule has 2 fully saturated rings. The number of hydrogen-bond donors (Lipinski definition) is 0. The first-order valence-corrected chi connectivity index (χ1v) is 19.4. The van der Waals surface area contributed by atoms with Crippen LogP contribution < -0.4 is 24.0 Å². The van der Waals surface area contributed by atoms with Gasteiger partial charge in [-0.3, -0.25) is 9.80 Å². The van der Waals surface area contributed by atoms with Crippen LogP contribution >= 0.6 is 23.1 Å². The summed E-state index contributed by atoms with van der Waals surface area (Å²) in [5.74, 6) is 4.41. The van der Waals surface area contributed by atoms with Crippen molar-refractivity contribution in [3.05, 3.63) is 102 Å². The van der Waals surface area contributed by atoms with E-state index in [0.717, 1.165) is 94.1 Å². The van der Waals surface area contributed by atoms with Crippen molar-refractivity contribution in [3.8, 4) is 23.3 Å². The Hall–Kier alpha value is -4.93. The second kappa shape index (κ2) is 16.2. The minimum absolute atomic E-state index is 0.259. The second-order valence-electron chi connectivity index (χ2n) is 13.1. The summed E-state index contributed by atoms with van der Waals surface area (Å²) in [6.07, 6.45) is 0. The number of hydrogen-bond acceptors (Lipinski definition) is 12. The largest absolute Gasteiger partial charge is 0.492 e. The maximum atomic E-state index is 9.76. The number of rotatable bonds is 13. The highest BCUT2D eigenvalue weighted by Gasteiger charge is 2.22. The van der Waals surface area contributed by atoms with Crippen LogP contribution in [0, 0.1) is 11.3 Å². The summed E-state index contributed by atoms with van der Waals surface area (Å²) in [5.41, 5.74) is 1.37. The maximum absolute atomic E-state index is 9.76. The molecular formula is C40H41N7O3S2. The van der Waals surface area contributed by atoms with Gasteiger partial charge in [0.25, 0.3) is 0 Å². The van der Waals surface area contributed by atoms with Gasteiger partial charge in [0.15, 0.2) is 0 Å². The number of piperazine rings is 2. The van der Waals surface area contributed by atoms with E-state index < -0.39 is 0 Å². The molecule has 0 radical (unpaired) electrons. The average Bonchev–Trinajstić information content (AvgIpc) is 3.83. The third-order valence-corrected chi connectivity index (χ3v) is 11.4. The highest BCUT2D eigenvalue weighted by atomic mass is 32.1. The average molecular weight is 732 g/mol. The van der Waals surface area contributed by atoms with Crippen LogP contribution in [0.3, 0.4) is 0 Å². The second-order valence-corrected chi connectivity index (χ2v) is 14.7. The van der Waals surface area contributed by atoms with E-state index in [-0.39, 0.29) is 6.61 Å². The number of benzene rings is 4. The van der Waals surface area contributed by atoms with Crippen molar-refractivity contribution in [2.45, 2.75) is 6.61 Å². The molecule has 6 aromatic rings. The van der Waals surface area contributed by atoms with Gasteiger partial charge in [-0.25, -0.2) is 0 Å². The number of ether oxygens (including phenoxy) is 3. The van der Waals surface area contributed by atoms with Gasteiger partial charge in [0, 0.05) is 87.8 Å². The van der Waals surface area contributed by atoms with Gasteiger partial charge in [-0.2, -0.15) is 14.0 Å². The van der Waals surface area contributed by atoms with E-state index in [1.165, 1.54) is 20.2 Å². The van der Waals surface area contributed by atoms with Crippen molar-refractivity contribution in [1.29, 1.82) is 5.26 Å². The van der Waals surface area contributed by atoms with Gasteiger partial charge in [0.05, 0.1) is 21.0 Å². The fraction of sp³-hybridized carbons (Fsp3) is 0.325. The molecule has 2 aromatic heterocycles. The third kappa shape index (κ3) is 7.93. The minimum Gasteiger partial charge on any atom is -0.492 e. The molecule has 0 unspecified atom stereocenters. The number of aromatic nitrogens is 2. The number of nitriles is 1. The molecular weight excluding hydrogens is 691 g/mol. The molecule has 12 heteroatoms. The van der Waals surface area contributed by atoms with Crippen LogP contribution in [-0.4, -0.2) is 97.2 Å². The Morgan fingerprint density at radius 1 is 0.577 bits per heavy atom. The molecule has 2 aliphatic rings. The molecule has 0 bridgehead atoms. The van der Waals surface area contributed by atoms with Crippen LogP contribution in [0.15, 0.2) is 91.0 Å². The Bertz CT molecular complexity index is 2150. The van der Waals surface area contributed by atoms with Crippen LogP contribution in [0.2, 0.25) is 0 Å². The Morgan fingerprint density at radius 3 is 1.65 bits per heavy atom. The Balaban J connectivity index is 0.770. The Labute approximate surface area is 312 Å². The smallest absolute Gasteiger partial charge is 0.150 e. The molecule has 4 aromatic carbocycles. The van der Waals surface area contributed by atoms with E-state index in [1.807, 2.05) is 42.5 Å². The molecule has 0 spiro atoms. The van der Waals surface area contributed by atoms with Crippen molar-refractivity contribution in [1.82, 2.24) is 18.5 Å². The molecule has 0 aliphatic carbocycles. The molecule has 266 valence electrons. The summed E-state index contributed by atoms with van der Waals surface area (Å²) in [5, 5.41) is 12.2. The van der Waals surface area contributed by atoms with Crippen molar-refractivity contribution < 1.29 is 14.2 Å². The summed E-state index contributed by atoms with van der Waals surface area (Å²) in [4.78, 5) is 9.65. The summed E-state index contributed by atoms with van der Waals surface area (Å²) in [6, 6.07) is 32.5. The molecule has 0 saturated carbocycles. The van der Waals surface area contributed by atoms with Gasteiger partial charge < -0.3 is 24.0 Å². The van der Waals surface area contributed by atoms with Crippen LogP contribution in [0.5, 0.6) is 17.2 Å². The summed E-state index contributed by atoms with van der Waals surface area (Å²) in [6.45, 7) is 10.8. The van der Waals surface area contributed by atoms with E-state index >= 15 is 0 Å². The zero-order valence-corrected chi connectivity index (χ0v) is 30.7. The van der Waals surface area contributed by atoms with Crippen molar-refractivity contribution in [2.75, 3.05) is 88.5 Å². The van der Waals surface area contributed by atoms with Crippen molar-refractivity contribution >= 4 is 54.9 Å². The maximum Gasteiger partial charge on any atom is 0.150 e. The third-order valence-electron chi connectivity index (χ3n) is 9.81. The summed E-state index contributed by atoms with van der Waals surface area (Å²) >= 11 is 3.14. The Morgan fingerprint density at radius 2 is 1.10 bits per heavy atom. The molecule has 52 heavy (non-hydrogen) atoms. The van der Waals surface area contributed by atoms with Crippen LogP contribution in [0.4, 0.5) is 11.6 Å². The van der Waals surface area contributed by atoms with E-state index in [0.29, 0.717) is 24.5 Å². The first kappa shape index (κ1) is 34.2. The lowest BCUT2D eigenvalue weighted by molar-refractivity contribution is 0.199.